The fourth-order valence-corrected chi connectivity index (χ4v) is 2.82. The van der Waals surface area contributed by atoms with Crippen molar-refractivity contribution in [3.63, 3.8) is 0 Å². The Bertz CT molecular complexity index is 402. The summed E-state index contributed by atoms with van der Waals surface area (Å²) in [6, 6.07) is 0. The standard InChI is InChI=1S/C13H22N2O2S/c1-4-6-7-8-15-13-11(17-3)10(14)12(18-13)9(16)5-2/h15H,4-8,14H2,1-3H3. The molecule has 1 heterocycles. The predicted octanol–water partition coefficient (Wildman–Crippen LogP) is 3.53. The molecule has 1 aromatic rings. The molecule has 5 heteroatoms. The fraction of sp³-hybridized carbons (Fsp3) is 0.615. The van der Waals surface area contributed by atoms with E-state index in [0.29, 0.717) is 22.7 Å². The van der Waals surface area contributed by atoms with E-state index >= 15 is 0 Å². The molecular formula is C13H22N2O2S. The molecule has 0 unspecified atom stereocenters. The lowest BCUT2D eigenvalue weighted by Gasteiger charge is -2.06. The van der Waals surface area contributed by atoms with Gasteiger partial charge in [-0.3, -0.25) is 4.79 Å². The third-order valence-electron chi connectivity index (χ3n) is 2.74. The Morgan fingerprint density at radius 1 is 1.39 bits per heavy atom. The van der Waals surface area contributed by atoms with Crippen LogP contribution in [0.3, 0.4) is 0 Å². The Labute approximate surface area is 113 Å². The maximum atomic E-state index is 11.7. The number of nitrogens with one attached hydrogen (secondary N) is 1. The van der Waals surface area contributed by atoms with Crippen molar-refractivity contribution in [2.75, 3.05) is 24.7 Å². The number of methoxy groups -OCH3 is 1. The summed E-state index contributed by atoms with van der Waals surface area (Å²) in [5.41, 5.74) is 6.41. The molecule has 0 radical (unpaired) electrons. The molecule has 0 spiro atoms. The van der Waals surface area contributed by atoms with E-state index in [1.165, 1.54) is 24.2 Å². The van der Waals surface area contributed by atoms with Crippen molar-refractivity contribution in [1.82, 2.24) is 0 Å². The van der Waals surface area contributed by atoms with E-state index in [-0.39, 0.29) is 5.78 Å². The lowest BCUT2D eigenvalue weighted by atomic mass is 10.2. The van der Waals surface area contributed by atoms with Crippen LogP contribution in [0.2, 0.25) is 0 Å². The average Bonchev–Trinajstić information content (AvgIpc) is 2.70. The summed E-state index contributed by atoms with van der Waals surface area (Å²) in [7, 11) is 1.58. The number of rotatable bonds is 8. The molecule has 3 N–H and O–H groups in total. The number of ether oxygens (including phenoxy) is 1. The Balaban J connectivity index is 2.80. The number of nitrogens with two attached hydrogens (primary N) is 1. The number of thiophene rings is 1. The first kappa shape index (κ1) is 14.8. The van der Waals surface area contributed by atoms with Gasteiger partial charge in [-0.2, -0.15) is 0 Å². The summed E-state index contributed by atoms with van der Waals surface area (Å²) >= 11 is 1.39. The molecule has 0 aliphatic rings. The molecule has 0 bridgehead atoms. The molecule has 1 rings (SSSR count). The van der Waals surface area contributed by atoms with E-state index in [9.17, 15) is 4.79 Å². The number of Topliss-reactive ketones (excluding diaryl/α,β-unsaturated/α-hetero) is 1. The number of carbonyl (C=O) groups excluding carboxylic acids is 1. The van der Waals surface area contributed by atoms with Crippen molar-refractivity contribution in [3.05, 3.63) is 4.88 Å². The average molecular weight is 270 g/mol. The molecule has 0 aliphatic carbocycles. The topological polar surface area (TPSA) is 64.4 Å². The molecule has 0 amide bonds. The molecular weight excluding hydrogens is 248 g/mol. The van der Waals surface area contributed by atoms with Crippen LogP contribution in [0.4, 0.5) is 10.7 Å². The van der Waals surface area contributed by atoms with Crippen LogP contribution in [-0.2, 0) is 0 Å². The van der Waals surface area contributed by atoms with Crippen LogP contribution in [0.1, 0.15) is 49.2 Å². The first-order valence-electron chi connectivity index (χ1n) is 6.38. The summed E-state index contributed by atoms with van der Waals surface area (Å²) in [6.07, 6.45) is 3.94. The quantitative estimate of drug-likeness (QED) is 0.560. The van der Waals surface area contributed by atoms with Crippen molar-refractivity contribution < 1.29 is 9.53 Å². The van der Waals surface area contributed by atoms with E-state index in [2.05, 4.69) is 12.2 Å². The second-order valence-electron chi connectivity index (χ2n) is 4.12. The van der Waals surface area contributed by atoms with Crippen molar-refractivity contribution in [3.8, 4) is 5.75 Å². The number of anilines is 2. The highest BCUT2D eigenvalue weighted by molar-refractivity contribution is 7.19. The number of hydrogen-bond acceptors (Lipinski definition) is 5. The van der Waals surface area contributed by atoms with E-state index < -0.39 is 0 Å². The first-order valence-corrected chi connectivity index (χ1v) is 7.20. The zero-order valence-corrected chi connectivity index (χ0v) is 12.2. The van der Waals surface area contributed by atoms with Gasteiger partial charge >= 0.3 is 0 Å². The molecule has 1 aromatic heterocycles. The van der Waals surface area contributed by atoms with E-state index in [1.54, 1.807) is 7.11 Å². The number of carbonyl (C=O) groups is 1. The van der Waals surface area contributed by atoms with Gasteiger partial charge in [0.05, 0.1) is 17.7 Å². The number of hydrogen-bond donors (Lipinski definition) is 2. The Morgan fingerprint density at radius 2 is 2.11 bits per heavy atom. The summed E-state index contributed by atoms with van der Waals surface area (Å²) < 4.78 is 5.28. The molecule has 4 nitrogen and oxygen atoms in total. The van der Waals surface area contributed by atoms with Gasteiger partial charge in [-0.05, 0) is 6.42 Å². The second kappa shape index (κ2) is 7.26. The van der Waals surface area contributed by atoms with Crippen LogP contribution < -0.4 is 15.8 Å². The Kier molecular flexibility index (Phi) is 5.98. The third kappa shape index (κ3) is 3.38. The summed E-state index contributed by atoms with van der Waals surface area (Å²) in [4.78, 5) is 12.3. The van der Waals surface area contributed by atoms with Crippen molar-refractivity contribution in [1.29, 1.82) is 0 Å². The Morgan fingerprint density at radius 3 is 2.67 bits per heavy atom. The van der Waals surface area contributed by atoms with Gasteiger partial charge in [0.15, 0.2) is 11.5 Å². The predicted molar refractivity (Wildman–Crippen MR) is 77.9 cm³/mol. The molecule has 0 aliphatic heterocycles. The molecule has 0 saturated heterocycles. The van der Waals surface area contributed by atoms with Gasteiger partial charge in [0.25, 0.3) is 0 Å². The van der Waals surface area contributed by atoms with Gasteiger partial charge in [-0.1, -0.05) is 26.7 Å². The minimum absolute atomic E-state index is 0.0670. The third-order valence-corrected chi connectivity index (χ3v) is 3.93. The molecule has 0 saturated carbocycles. The summed E-state index contributed by atoms with van der Waals surface area (Å²) in [5.74, 6) is 0.672. The van der Waals surface area contributed by atoms with Crippen LogP contribution in [0.15, 0.2) is 0 Å². The van der Waals surface area contributed by atoms with Gasteiger partial charge in [-0.25, -0.2) is 0 Å². The smallest absolute Gasteiger partial charge is 0.176 e. The van der Waals surface area contributed by atoms with Gasteiger partial charge in [0, 0.05) is 13.0 Å². The SMILES string of the molecule is CCCCCNc1sc(C(=O)CC)c(N)c1OC. The normalized spacial score (nSPS) is 10.4. The van der Waals surface area contributed by atoms with Crippen molar-refractivity contribution in [2.24, 2.45) is 0 Å². The van der Waals surface area contributed by atoms with Crippen LogP contribution in [0.25, 0.3) is 0 Å². The number of nitrogen functional groups attached to an aromatic ring is 1. The van der Waals surface area contributed by atoms with E-state index in [0.717, 1.165) is 18.0 Å². The minimum Gasteiger partial charge on any atom is -0.492 e. The Hall–Kier alpha value is -1.23. The molecule has 18 heavy (non-hydrogen) atoms. The first-order chi connectivity index (χ1) is 8.65. The van der Waals surface area contributed by atoms with Gasteiger partial charge in [-0.15, -0.1) is 11.3 Å². The zero-order valence-electron chi connectivity index (χ0n) is 11.3. The van der Waals surface area contributed by atoms with Gasteiger partial charge in [0.1, 0.15) is 5.00 Å². The largest absolute Gasteiger partial charge is 0.492 e. The van der Waals surface area contributed by atoms with Gasteiger partial charge < -0.3 is 15.8 Å². The zero-order chi connectivity index (χ0) is 13.5. The fourth-order valence-electron chi connectivity index (χ4n) is 1.69. The van der Waals surface area contributed by atoms with E-state index in [4.69, 9.17) is 10.5 Å². The lowest BCUT2D eigenvalue weighted by molar-refractivity contribution is 0.0992. The second-order valence-corrected chi connectivity index (χ2v) is 5.14. The van der Waals surface area contributed by atoms with Crippen molar-refractivity contribution in [2.45, 2.75) is 39.5 Å². The van der Waals surface area contributed by atoms with Crippen LogP contribution in [0.5, 0.6) is 5.75 Å². The van der Waals surface area contributed by atoms with Crippen LogP contribution >= 0.6 is 11.3 Å². The monoisotopic (exact) mass is 270 g/mol. The number of ketones is 1. The van der Waals surface area contributed by atoms with Crippen LogP contribution in [0, 0.1) is 0 Å². The molecule has 0 atom stereocenters. The van der Waals surface area contributed by atoms with E-state index in [1.807, 2.05) is 6.92 Å². The summed E-state index contributed by atoms with van der Waals surface area (Å²) in [6.45, 7) is 4.88. The highest BCUT2D eigenvalue weighted by Crippen LogP contribution is 2.42. The highest BCUT2D eigenvalue weighted by Gasteiger charge is 2.20. The van der Waals surface area contributed by atoms with Gasteiger partial charge in [0.2, 0.25) is 0 Å². The number of unbranched alkanes of at least 4 members (excludes halogenated alkanes) is 2. The molecule has 0 fully saturated rings. The maximum Gasteiger partial charge on any atom is 0.176 e. The van der Waals surface area contributed by atoms with Crippen LogP contribution in [-0.4, -0.2) is 19.4 Å². The highest BCUT2D eigenvalue weighted by atomic mass is 32.1. The lowest BCUT2D eigenvalue weighted by Crippen LogP contribution is -2.01. The molecule has 102 valence electrons. The minimum atomic E-state index is 0.0670. The van der Waals surface area contributed by atoms with Crippen molar-refractivity contribution >= 4 is 27.8 Å². The maximum absolute atomic E-state index is 11.7. The summed E-state index contributed by atoms with van der Waals surface area (Å²) in [5, 5.41) is 4.16. The molecule has 0 aromatic carbocycles.